The topological polar surface area (TPSA) is 35.5 Å². The van der Waals surface area contributed by atoms with E-state index in [1.165, 1.54) is 32.1 Å². The summed E-state index contributed by atoms with van der Waals surface area (Å²) in [6.07, 6.45) is 13.4. The lowest BCUT2D eigenvalue weighted by Gasteiger charge is -2.16. The first kappa shape index (κ1) is 20.0. The fourth-order valence-electron chi connectivity index (χ4n) is 1.83. The van der Waals surface area contributed by atoms with Crippen molar-refractivity contribution in [1.29, 1.82) is 0 Å². The van der Waals surface area contributed by atoms with Gasteiger partial charge in [0.25, 0.3) is 0 Å². The van der Waals surface area contributed by atoms with Crippen LogP contribution in [0.2, 0.25) is 0 Å². The average Bonchev–Trinajstić information content (AvgIpc) is 2.44. The van der Waals surface area contributed by atoms with E-state index in [0.717, 1.165) is 19.3 Å². The van der Waals surface area contributed by atoms with Crippen LogP contribution in [0.4, 0.5) is 4.79 Å². The maximum absolute atomic E-state index is 11.4. The smallest absolute Gasteiger partial charge is 0.434 e. The van der Waals surface area contributed by atoms with Crippen LogP contribution in [0.3, 0.4) is 0 Å². The van der Waals surface area contributed by atoms with Gasteiger partial charge in [-0.1, -0.05) is 58.6 Å². The summed E-state index contributed by atoms with van der Waals surface area (Å²) in [5, 5.41) is 0. The molecule has 1 atom stereocenters. The zero-order valence-electron chi connectivity index (χ0n) is 14.4. The van der Waals surface area contributed by atoms with Crippen molar-refractivity contribution >= 4 is 6.16 Å². The van der Waals surface area contributed by atoms with Crippen molar-refractivity contribution < 1.29 is 14.3 Å². The summed E-state index contributed by atoms with van der Waals surface area (Å²) in [4.78, 5) is 11.4. The van der Waals surface area contributed by atoms with Crippen molar-refractivity contribution in [2.75, 3.05) is 6.61 Å². The summed E-state index contributed by atoms with van der Waals surface area (Å²) in [7, 11) is 0. The van der Waals surface area contributed by atoms with E-state index in [4.69, 9.17) is 9.47 Å². The highest BCUT2D eigenvalue weighted by Gasteiger charge is 2.13. The van der Waals surface area contributed by atoms with Crippen LogP contribution in [0.15, 0.2) is 12.2 Å². The van der Waals surface area contributed by atoms with E-state index in [-0.39, 0.29) is 6.10 Å². The second-order valence-electron chi connectivity index (χ2n) is 5.96. The summed E-state index contributed by atoms with van der Waals surface area (Å²) in [6.45, 7) is 8.58. The summed E-state index contributed by atoms with van der Waals surface area (Å²) in [5.41, 5.74) is 0. The molecule has 0 aromatic carbocycles. The third kappa shape index (κ3) is 13.7. The molecule has 1 unspecified atom stereocenters. The molecule has 0 bridgehead atoms. The first-order valence-corrected chi connectivity index (χ1v) is 8.56. The van der Waals surface area contributed by atoms with Gasteiger partial charge in [0.05, 0.1) is 6.61 Å². The molecule has 0 aromatic heterocycles. The van der Waals surface area contributed by atoms with Gasteiger partial charge in [-0.05, 0) is 38.5 Å². The first-order chi connectivity index (χ1) is 10.1. The first-order valence-electron chi connectivity index (χ1n) is 8.56. The van der Waals surface area contributed by atoms with Crippen LogP contribution in [0.5, 0.6) is 0 Å². The number of allylic oxidation sites excluding steroid dienone is 2. The summed E-state index contributed by atoms with van der Waals surface area (Å²) >= 11 is 0. The van der Waals surface area contributed by atoms with Crippen LogP contribution in [0, 0.1) is 5.92 Å². The van der Waals surface area contributed by atoms with Crippen LogP contribution < -0.4 is 0 Å². The Bertz CT molecular complexity index is 272. The number of carbonyl (C=O) groups excluding carboxylic acids is 1. The molecule has 0 saturated heterocycles. The van der Waals surface area contributed by atoms with Gasteiger partial charge in [0.2, 0.25) is 0 Å². The summed E-state index contributed by atoms with van der Waals surface area (Å²) in [6, 6.07) is 0. The van der Waals surface area contributed by atoms with Crippen molar-refractivity contribution in [1.82, 2.24) is 0 Å². The minimum absolute atomic E-state index is 0.0840. The average molecular weight is 298 g/mol. The van der Waals surface area contributed by atoms with E-state index in [1.54, 1.807) is 0 Å². The van der Waals surface area contributed by atoms with Gasteiger partial charge in [-0.25, -0.2) is 4.79 Å². The highest BCUT2D eigenvalue weighted by atomic mass is 16.7. The molecule has 0 radical (unpaired) electrons. The van der Waals surface area contributed by atoms with Gasteiger partial charge in [0.1, 0.15) is 6.10 Å². The van der Waals surface area contributed by atoms with Crippen LogP contribution in [-0.4, -0.2) is 18.9 Å². The van der Waals surface area contributed by atoms with E-state index < -0.39 is 6.16 Å². The molecule has 3 heteroatoms. The Kier molecular flexibility index (Phi) is 13.3. The molecule has 0 aromatic rings. The van der Waals surface area contributed by atoms with E-state index in [2.05, 4.69) is 19.1 Å². The Morgan fingerprint density at radius 3 is 2.19 bits per heavy atom. The van der Waals surface area contributed by atoms with Crippen molar-refractivity contribution in [3.05, 3.63) is 12.2 Å². The molecular weight excluding hydrogens is 264 g/mol. The maximum Gasteiger partial charge on any atom is 0.508 e. The molecule has 0 N–H and O–H groups in total. The van der Waals surface area contributed by atoms with Gasteiger partial charge in [-0.15, -0.1) is 0 Å². The van der Waals surface area contributed by atoms with Crippen LogP contribution in [0.1, 0.15) is 79.1 Å². The Morgan fingerprint density at radius 2 is 1.57 bits per heavy atom. The molecule has 3 nitrogen and oxygen atoms in total. The van der Waals surface area contributed by atoms with Crippen LogP contribution >= 0.6 is 0 Å². The molecule has 0 heterocycles. The van der Waals surface area contributed by atoms with Crippen molar-refractivity contribution in [3.63, 3.8) is 0 Å². The summed E-state index contributed by atoms with van der Waals surface area (Å²) < 4.78 is 10.2. The zero-order valence-corrected chi connectivity index (χ0v) is 14.4. The molecule has 0 rings (SSSR count). The fraction of sp³-hybridized carbons (Fsp3) is 0.833. The molecule has 0 spiro atoms. The monoisotopic (exact) mass is 298 g/mol. The van der Waals surface area contributed by atoms with Crippen molar-refractivity contribution in [2.45, 2.75) is 85.2 Å². The van der Waals surface area contributed by atoms with Gasteiger partial charge in [0.15, 0.2) is 0 Å². The standard InChI is InChI=1S/C18H34O3/c1-5-6-7-8-9-10-11-12-13-14-15-20-18(19)21-17(4)16(2)3/h6-7,16-17H,5,8-15H2,1-4H3/b7-6+. The molecule has 0 fully saturated rings. The van der Waals surface area contributed by atoms with Crippen LogP contribution in [0.25, 0.3) is 0 Å². The van der Waals surface area contributed by atoms with Crippen molar-refractivity contribution in [3.8, 4) is 0 Å². The van der Waals surface area contributed by atoms with E-state index >= 15 is 0 Å². The molecule has 21 heavy (non-hydrogen) atoms. The lowest BCUT2D eigenvalue weighted by Crippen LogP contribution is -2.21. The molecule has 0 aliphatic carbocycles. The van der Waals surface area contributed by atoms with Gasteiger partial charge < -0.3 is 9.47 Å². The second kappa shape index (κ2) is 14.0. The number of hydrogen-bond acceptors (Lipinski definition) is 3. The predicted octanol–water partition coefficient (Wildman–Crippen LogP) is 5.88. The number of unbranched alkanes of at least 4 members (excludes halogenated alkanes) is 6. The van der Waals surface area contributed by atoms with E-state index in [0.29, 0.717) is 12.5 Å². The largest absolute Gasteiger partial charge is 0.508 e. The van der Waals surface area contributed by atoms with Gasteiger partial charge in [-0.2, -0.15) is 0 Å². The quantitative estimate of drug-likeness (QED) is 0.256. The predicted molar refractivity (Wildman–Crippen MR) is 88.5 cm³/mol. The molecular formula is C18H34O3. The number of hydrogen-bond donors (Lipinski definition) is 0. The fourth-order valence-corrected chi connectivity index (χ4v) is 1.83. The van der Waals surface area contributed by atoms with Gasteiger partial charge >= 0.3 is 6.16 Å². The number of carbonyl (C=O) groups is 1. The Balaban J connectivity index is 3.29. The number of rotatable bonds is 12. The molecule has 0 aliphatic rings. The van der Waals surface area contributed by atoms with Crippen molar-refractivity contribution in [2.24, 2.45) is 5.92 Å². The second-order valence-corrected chi connectivity index (χ2v) is 5.96. The van der Waals surface area contributed by atoms with Gasteiger partial charge in [0, 0.05) is 0 Å². The highest BCUT2D eigenvalue weighted by molar-refractivity contribution is 5.60. The molecule has 0 saturated carbocycles. The minimum Gasteiger partial charge on any atom is -0.434 e. The number of ether oxygens (including phenoxy) is 2. The minimum atomic E-state index is -0.529. The third-order valence-corrected chi connectivity index (χ3v) is 3.61. The third-order valence-electron chi connectivity index (χ3n) is 3.61. The summed E-state index contributed by atoms with van der Waals surface area (Å²) in [5.74, 6) is 0.324. The Hall–Kier alpha value is -0.990. The Labute approximate surface area is 131 Å². The van der Waals surface area contributed by atoms with Crippen LogP contribution in [-0.2, 0) is 9.47 Å². The Morgan fingerprint density at radius 1 is 0.952 bits per heavy atom. The lowest BCUT2D eigenvalue weighted by atomic mass is 10.1. The molecule has 124 valence electrons. The SMILES string of the molecule is CC/C=C/CCCCCCCCOC(=O)OC(C)C(C)C. The zero-order chi connectivity index (χ0) is 15.9. The maximum atomic E-state index is 11.4. The van der Waals surface area contributed by atoms with E-state index in [9.17, 15) is 4.79 Å². The highest BCUT2D eigenvalue weighted by Crippen LogP contribution is 2.09. The van der Waals surface area contributed by atoms with E-state index in [1.807, 2.05) is 20.8 Å². The normalized spacial score (nSPS) is 12.8. The molecule has 0 aliphatic heterocycles. The van der Waals surface area contributed by atoms with Gasteiger partial charge in [-0.3, -0.25) is 0 Å². The molecule has 0 amide bonds. The lowest BCUT2D eigenvalue weighted by molar-refractivity contribution is 0.0140.